The fourth-order valence-electron chi connectivity index (χ4n) is 4.54. The molecule has 0 spiro atoms. The van der Waals surface area contributed by atoms with Crippen LogP contribution in [0.5, 0.6) is 0 Å². The molecule has 1 aliphatic heterocycles. The average molecular weight is 558 g/mol. The lowest BCUT2D eigenvalue weighted by atomic mass is 10.1. The fourth-order valence-corrected chi connectivity index (χ4v) is 4.76. The summed E-state index contributed by atoms with van der Waals surface area (Å²) in [5.41, 5.74) is 5.86. The minimum atomic E-state index is -4.59. The molecular weight excluding hydrogens is 527 g/mol. The number of nitrogens with zero attached hydrogens (tertiary/aromatic N) is 2. The van der Waals surface area contributed by atoms with Crippen LogP contribution in [0.25, 0.3) is 0 Å². The number of piperidine rings is 1. The van der Waals surface area contributed by atoms with E-state index in [1.807, 2.05) is 43.4 Å². The molecule has 39 heavy (non-hydrogen) atoms. The van der Waals surface area contributed by atoms with Gasteiger partial charge in [0, 0.05) is 37.6 Å². The third-order valence-electron chi connectivity index (χ3n) is 6.50. The number of alkyl halides is 3. The summed E-state index contributed by atoms with van der Waals surface area (Å²) in [5.74, 6) is -0.471. The van der Waals surface area contributed by atoms with E-state index in [1.54, 1.807) is 0 Å². The van der Waals surface area contributed by atoms with Crippen molar-refractivity contribution >= 4 is 35.1 Å². The zero-order chi connectivity index (χ0) is 27.8. The SMILES string of the molecule is CNCc1cccc(CNc2ccc(N3CCCCC3)cc2C(=O)NN=Cc2ccc(Cl)c(C(F)(F)F)c2)c1. The van der Waals surface area contributed by atoms with Gasteiger partial charge in [0.1, 0.15) is 0 Å². The molecule has 10 heteroatoms. The highest BCUT2D eigenvalue weighted by Crippen LogP contribution is 2.35. The van der Waals surface area contributed by atoms with E-state index in [-0.39, 0.29) is 5.56 Å². The molecule has 1 fully saturated rings. The number of rotatable bonds is 9. The number of hydrazone groups is 1. The highest BCUT2D eigenvalue weighted by Gasteiger charge is 2.33. The molecule has 0 aromatic heterocycles. The first-order valence-electron chi connectivity index (χ1n) is 12.8. The summed E-state index contributed by atoms with van der Waals surface area (Å²) in [7, 11) is 1.89. The molecule has 1 saturated heterocycles. The predicted molar refractivity (Wildman–Crippen MR) is 151 cm³/mol. The Balaban J connectivity index is 1.54. The maximum atomic E-state index is 13.2. The van der Waals surface area contributed by atoms with Gasteiger partial charge in [0.15, 0.2) is 0 Å². The number of amides is 1. The molecule has 0 aliphatic carbocycles. The lowest BCUT2D eigenvalue weighted by molar-refractivity contribution is -0.137. The van der Waals surface area contributed by atoms with Crippen LogP contribution in [-0.2, 0) is 19.3 Å². The van der Waals surface area contributed by atoms with E-state index in [0.717, 1.165) is 61.4 Å². The normalized spacial score (nSPS) is 14.0. The van der Waals surface area contributed by atoms with Crippen molar-refractivity contribution in [2.45, 2.75) is 38.5 Å². The van der Waals surface area contributed by atoms with Crippen LogP contribution >= 0.6 is 11.6 Å². The molecule has 3 aromatic rings. The van der Waals surface area contributed by atoms with Gasteiger partial charge in [-0.3, -0.25) is 4.79 Å². The van der Waals surface area contributed by atoms with Crippen LogP contribution in [0.4, 0.5) is 24.5 Å². The predicted octanol–water partition coefficient (Wildman–Crippen LogP) is 6.44. The van der Waals surface area contributed by atoms with Crippen molar-refractivity contribution in [2.75, 3.05) is 30.4 Å². The monoisotopic (exact) mass is 557 g/mol. The van der Waals surface area contributed by atoms with Crippen molar-refractivity contribution in [3.05, 3.63) is 93.5 Å². The van der Waals surface area contributed by atoms with E-state index >= 15 is 0 Å². The summed E-state index contributed by atoms with van der Waals surface area (Å²) >= 11 is 5.69. The Hall–Kier alpha value is -3.56. The largest absolute Gasteiger partial charge is 0.417 e. The minimum Gasteiger partial charge on any atom is -0.380 e. The van der Waals surface area contributed by atoms with Gasteiger partial charge >= 0.3 is 6.18 Å². The van der Waals surface area contributed by atoms with Gasteiger partial charge in [-0.1, -0.05) is 41.9 Å². The highest BCUT2D eigenvalue weighted by atomic mass is 35.5. The zero-order valence-corrected chi connectivity index (χ0v) is 22.4. The molecule has 0 atom stereocenters. The molecule has 1 aliphatic rings. The van der Waals surface area contributed by atoms with Crippen LogP contribution in [0, 0.1) is 0 Å². The van der Waals surface area contributed by atoms with Crippen LogP contribution in [0.1, 0.15) is 51.9 Å². The number of benzene rings is 3. The molecule has 6 nitrogen and oxygen atoms in total. The Morgan fingerprint density at radius 1 is 1.00 bits per heavy atom. The summed E-state index contributed by atoms with van der Waals surface area (Å²) in [6, 6.07) is 17.3. The molecule has 4 rings (SSSR count). The van der Waals surface area contributed by atoms with Gasteiger partial charge in [0.25, 0.3) is 5.91 Å². The lowest BCUT2D eigenvalue weighted by Crippen LogP contribution is -2.30. The van der Waals surface area contributed by atoms with Gasteiger partial charge < -0.3 is 15.5 Å². The van der Waals surface area contributed by atoms with Crippen molar-refractivity contribution in [1.29, 1.82) is 0 Å². The Kier molecular flexibility index (Phi) is 9.48. The second-order valence-electron chi connectivity index (χ2n) is 9.42. The standard InChI is InChI=1S/C29H31ClF3N5O/c1-34-17-20-6-5-7-21(14-20)18-35-27-11-9-23(38-12-3-2-4-13-38)16-24(27)28(39)37-36-19-22-8-10-26(30)25(15-22)29(31,32)33/h5-11,14-16,19,34-35H,2-4,12-13,17-18H2,1H3,(H,37,39). The van der Waals surface area contributed by atoms with E-state index < -0.39 is 22.7 Å². The fraction of sp³-hybridized carbons (Fsp3) is 0.310. The van der Waals surface area contributed by atoms with Gasteiger partial charge in [0.2, 0.25) is 0 Å². The van der Waals surface area contributed by atoms with Gasteiger partial charge in [-0.05, 0) is 73.3 Å². The van der Waals surface area contributed by atoms with Crippen LogP contribution in [0.2, 0.25) is 5.02 Å². The molecule has 3 aromatic carbocycles. The Bertz CT molecular complexity index is 1320. The molecule has 0 radical (unpaired) electrons. The Morgan fingerprint density at radius 3 is 2.46 bits per heavy atom. The molecule has 206 valence electrons. The van der Waals surface area contributed by atoms with Crippen molar-refractivity contribution in [3.63, 3.8) is 0 Å². The lowest BCUT2D eigenvalue weighted by Gasteiger charge is -2.29. The van der Waals surface area contributed by atoms with Crippen LogP contribution < -0.4 is 21.0 Å². The Labute approximate surface area is 231 Å². The average Bonchev–Trinajstić information content (AvgIpc) is 2.93. The molecule has 3 N–H and O–H groups in total. The number of halogens is 4. The second kappa shape index (κ2) is 13.0. The third kappa shape index (κ3) is 7.74. The summed E-state index contributed by atoms with van der Waals surface area (Å²) in [4.78, 5) is 15.5. The topological polar surface area (TPSA) is 68.8 Å². The maximum absolute atomic E-state index is 13.2. The van der Waals surface area contributed by atoms with Crippen LogP contribution in [-0.4, -0.2) is 32.3 Å². The quantitative estimate of drug-likeness (QED) is 0.209. The number of nitrogens with one attached hydrogen (secondary N) is 3. The van der Waals surface area contributed by atoms with E-state index in [4.69, 9.17) is 11.6 Å². The second-order valence-corrected chi connectivity index (χ2v) is 9.82. The number of carbonyl (C=O) groups excluding carboxylic acids is 1. The summed E-state index contributed by atoms with van der Waals surface area (Å²) in [5, 5.41) is 10.0. The number of anilines is 2. The van der Waals surface area contributed by atoms with Gasteiger partial charge in [-0.15, -0.1) is 0 Å². The van der Waals surface area contributed by atoms with E-state index in [9.17, 15) is 18.0 Å². The zero-order valence-electron chi connectivity index (χ0n) is 21.6. The number of hydrogen-bond donors (Lipinski definition) is 3. The third-order valence-corrected chi connectivity index (χ3v) is 6.83. The smallest absolute Gasteiger partial charge is 0.380 e. The van der Waals surface area contributed by atoms with Crippen molar-refractivity contribution in [2.24, 2.45) is 5.10 Å². The van der Waals surface area contributed by atoms with Gasteiger partial charge in [0.05, 0.1) is 22.4 Å². The summed E-state index contributed by atoms with van der Waals surface area (Å²) < 4.78 is 39.5. The van der Waals surface area contributed by atoms with Gasteiger partial charge in [-0.2, -0.15) is 18.3 Å². The van der Waals surface area contributed by atoms with Crippen LogP contribution in [0.3, 0.4) is 0 Å². The molecular formula is C29H31ClF3N5O. The number of hydrogen-bond acceptors (Lipinski definition) is 5. The van der Waals surface area contributed by atoms with Crippen LogP contribution in [0.15, 0.2) is 65.8 Å². The highest BCUT2D eigenvalue weighted by molar-refractivity contribution is 6.31. The number of carbonyl (C=O) groups is 1. The molecule has 1 amide bonds. The van der Waals surface area contributed by atoms with Crippen molar-refractivity contribution in [3.8, 4) is 0 Å². The minimum absolute atomic E-state index is 0.161. The summed E-state index contributed by atoms with van der Waals surface area (Å²) in [6.45, 7) is 3.10. The first-order chi connectivity index (χ1) is 18.7. The van der Waals surface area contributed by atoms with E-state index in [2.05, 4.69) is 32.1 Å². The summed E-state index contributed by atoms with van der Waals surface area (Å²) in [6.07, 6.45) is -0.0539. The maximum Gasteiger partial charge on any atom is 0.417 e. The molecule has 0 unspecified atom stereocenters. The van der Waals surface area contributed by atoms with E-state index in [0.29, 0.717) is 17.8 Å². The van der Waals surface area contributed by atoms with Gasteiger partial charge in [-0.25, -0.2) is 5.43 Å². The first-order valence-corrected chi connectivity index (χ1v) is 13.2. The van der Waals surface area contributed by atoms with Crippen molar-refractivity contribution in [1.82, 2.24) is 10.7 Å². The van der Waals surface area contributed by atoms with E-state index in [1.165, 1.54) is 18.7 Å². The molecule has 0 saturated carbocycles. The molecule has 0 bridgehead atoms. The first kappa shape index (κ1) is 28.4. The Morgan fingerprint density at radius 2 is 1.74 bits per heavy atom. The van der Waals surface area contributed by atoms with Crippen molar-refractivity contribution < 1.29 is 18.0 Å². The molecule has 1 heterocycles.